The molecule has 1 heterocycles. The summed E-state index contributed by atoms with van der Waals surface area (Å²) in [5, 5.41) is 15.2. The van der Waals surface area contributed by atoms with Gasteiger partial charge in [0.05, 0.1) is 12.1 Å². The number of rotatable bonds is 4. The van der Waals surface area contributed by atoms with E-state index < -0.39 is 29.1 Å². The van der Waals surface area contributed by atoms with Crippen molar-refractivity contribution in [2.45, 2.75) is 25.2 Å². The second-order valence-corrected chi connectivity index (χ2v) is 6.59. The molecule has 0 spiro atoms. The number of carbonyl (C=O) groups is 2. The molecule has 2 aromatic rings. The summed E-state index contributed by atoms with van der Waals surface area (Å²) in [6, 6.07) is 12.0. The van der Waals surface area contributed by atoms with E-state index in [1.807, 2.05) is 30.3 Å². The lowest BCUT2D eigenvalue weighted by atomic mass is 10.0. The van der Waals surface area contributed by atoms with Gasteiger partial charge in [0.25, 0.3) is 5.91 Å². The number of aliphatic hydroxyl groups is 1. The number of piperidine rings is 1. The fourth-order valence-corrected chi connectivity index (χ4v) is 2.67. The van der Waals surface area contributed by atoms with Gasteiger partial charge in [0.2, 0.25) is 0 Å². The first-order chi connectivity index (χ1) is 13.9. The van der Waals surface area contributed by atoms with Crippen molar-refractivity contribution in [1.82, 2.24) is 10.6 Å². The van der Waals surface area contributed by atoms with Gasteiger partial charge in [-0.15, -0.1) is 0 Å². The van der Waals surface area contributed by atoms with E-state index in [2.05, 4.69) is 15.4 Å². The topological polar surface area (TPSA) is 87.7 Å². The van der Waals surface area contributed by atoms with Crippen LogP contribution in [0.15, 0.2) is 48.5 Å². The summed E-state index contributed by atoms with van der Waals surface area (Å²) in [5.74, 6) is -2.57. The molecule has 29 heavy (non-hydrogen) atoms. The molecular formula is C20H21ClF2N2O4. The lowest BCUT2D eigenvalue weighted by Gasteiger charge is -2.29. The summed E-state index contributed by atoms with van der Waals surface area (Å²) >= 11 is 4.97. The van der Waals surface area contributed by atoms with Crippen molar-refractivity contribution in [2.75, 3.05) is 13.1 Å². The van der Waals surface area contributed by atoms with E-state index in [0.717, 1.165) is 17.7 Å². The smallest absolute Gasteiger partial charge is 0.404 e. The maximum Gasteiger partial charge on any atom is 0.404 e. The summed E-state index contributed by atoms with van der Waals surface area (Å²) in [6.45, 7) is 1.34. The quantitative estimate of drug-likeness (QED) is 0.654. The molecule has 2 unspecified atom stereocenters. The molecule has 0 aromatic heterocycles. The van der Waals surface area contributed by atoms with Crippen LogP contribution in [0, 0.1) is 11.6 Å². The molecule has 1 aliphatic heterocycles. The number of β-amino-alcohol motifs (C(OH)–C–C–N with tert-alkyl or cyclic N) is 1. The minimum absolute atomic E-state index is 0.0413. The zero-order valence-electron chi connectivity index (χ0n) is 15.4. The second kappa shape index (κ2) is 11.5. The zero-order valence-corrected chi connectivity index (χ0v) is 16.2. The van der Waals surface area contributed by atoms with Crippen molar-refractivity contribution in [2.24, 2.45) is 0 Å². The molecule has 0 radical (unpaired) electrons. The highest BCUT2D eigenvalue weighted by atomic mass is 35.5. The Labute approximate surface area is 171 Å². The maximum absolute atomic E-state index is 13.0. The average molecular weight is 427 g/mol. The lowest BCUT2D eigenvalue weighted by Crippen LogP contribution is -2.52. The molecule has 0 aliphatic carbocycles. The van der Waals surface area contributed by atoms with Crippen molar-refractivity contribution >= 4 is 22.9 Å². The van der Waals surface area contributed by atoms with Crippen molar-refractivity contribution in [3.63, 3.8) is 0 Å². The van der Waals surface area contributed by atoms with Gasteiger partial charge in [-0.05, 0) is 36.7 Å². The Bertz CT molecular complexity index is 823. The van der Waals surface area contributed by atoms with E-state index >= 15 is 0 Å². The summed E-state index contributed by atoms with van der Waals surface area (Å²) in [5.41, 5.74) is 0.204. The van der Waals surface area contributed by atoms with Crippen LogP contribution in [0.3, 0.4) is 0 Å². The number of benzene rings is 2. The third-order valence-electron chi connectivity index (χ3n) is 4.14. The van der Waals surface area contributed by atoms with Crippen LogP contribution in [0.25, 0.3) is 0 Å². The van der Waals surface area contributed by atoms with E-state index in [0.29, 0.717) is 19.5 Å². The predicted octanol–water partition coefficient (Wildman–Crippen LogP) is 2.98. The Morgan fingerprint density at radius 3 is 2.52 bits per heavy atom. The van der Waals surface area contributed by atoms with Gasteiger partial charge >= 0.3 is 5.43 Å². The molecule has 156 valence electrons. The molecule has 1 amide bonds. The Balaban J connectivity index is 0.000000234. The highest BCUT2D eigenvalue weighted by Crippen LogP contribution is 2.10. The van der Waals surface area contributed by atoms with Crippen molar-refractivity contribution in [3.05, 3.63) is 71.3 Å². The molecule has 2 aromatic carbocycles. The van der Waals surface area contributed by atoms with Crippen LogP contribution in [0.2, 0.25) is 0 Å². The fourth-order valence-electron chi connectivity index (χ4n) is 2.61. The van der Waals surface area contributed by atoms with Crippen LogP contribution in [0.1, 0.15) is 22.3 Å². The summed E-state index contributed by atoms with van der Waals surface area (Å²) in [7, 11) is 0. The molecular weight excluding hydrogens is 406 g/mol. The summed E-state index contributed by atoms with van der Waals surface area (Å²) in [6.07, 6.45) is -0.0793. The normalized spacial score (nSPS) is 18.2. The maximum atomic E-state index is 13.0. The minimum atomic E-state index is -1.06. The number of halogens is 3. The highest BCUT2D eigenvalue weighted by Gasteiger charge is 2.24. The minimum Gasteiger partial charge on any atom is -0.449 e. The Kier molecular flexibility index (Phi) is 8.98. The number of nitrogens with one attached hydrogen (secondary N) is 2. The zero-order chi connectivity index (χ0) is 21.2. The molecule has 9 heteroatoms. The van der Waals surface area contributed by atoms with Crippen LogP contribution in [0.4, 0.5) is 13.6 Å². The molecule has 1 aliphatic rings. The monoisotopic (exact) mass is 426 g/mol. The van der Waals surface area contributed by atoms with Crippen LogP contribution < -0.4 is 10.6 Å². The van der Waals surface area contributed by atoms with Gasteiger partial charge in [0.1, 0.15) is 6.61 Å². The van der Waals surface area contributed by atoms with Gasteiger partial charge in [-0.25, -0.2) is 13.6 Å². The molecule has 3 N–H and O–H groups in total. The number of ether oxygens (including phenoxy) is 1. The van der Waals surface area contributed by atoms with Crippen LogP contribution in [0.5, 0.6) is 0 Å². The first-order valence-electron chi connectivity index (χ1n) is 8.87. The molecule has 2 atom stereocenters. The highest BCUT2D eigenvalue weighted by molar-refractivity contribution is 6.61. The average Bonchev–Trinajstić information content (AvgIpc) is 2.71. The van der Waals surface area contributed by atoms with E-state index in [4.69, 9.17) is 11.6 Å². The standard InChI is InChI=1S/C12H14F2N2O2.C8H7ClO2/c13-8-2-1-7(5-9(8)14)12(18)16-10-3-4-15-6-11(10)17;9-8(10)11-6-7-4-2-1-3-5-7/h1-2,5,10-11,15,17H,3-4,6H2,(H,16,18);1-5H,6H2. The Morgan fingerprint density at radius 1 is 1.17 bits per heavy atom. The molecule has 6 nitrogen and oxygen atoms in total. The number of carbonyl (C=O) groups excluding carboxylic acids is 2. The molecule has 0 saturated carbocycles. The molecule has 3 rings (SSSR count). The van der Waals surface area contributed by atoms with E-state index in [-0.39, 0.29) is 18.2 Å². The van der Waals surface area contributed by atoms with Crippen LogP contribution in [-0.2, 0) is 11.3 Å². The Morgan fingerprint density at radius 2 is 1.90 bits per heavy atom. The van der Waals surface area contributed by atoms with Gasteiger partial charge in [0, 0.05) is 23.7 Å². The predicted molar refractivity (Wildman–Crippen MR) is 104 cm³/mol. The van der Waals surface area contributed by atoms with Gasteiger partial charge in [-0.3, -0.25) is 4.79 Å². The Hall–Kier alpha value is -2.55. The number of aliphatic hydroxyl groups excluding tert-OH is 1. The number of hydrogen-bond donors (Lipinski definition) is 3. The van der Waals surface area contributed by atoms with E-state index in [9.17, 15) is 23.5 Å². The first-order valence-corrected chi connectivity index (χ1v) is 9.25. The third-order valence-corrected chi connectivity index (χ3v) is 4.25. The SMILES string of the molecule is O=C(Cl)OCc1ccccc1.O=C(NC1CCNCC1O)c1ccc(F)c(F)c1. The molecule has 1 saturated heterocycles. The third kappa shape index (κ3) is 7.77. The van der Waals surface area contributed by atoms with Gasteiger partial charge in [-0.1, -0.05) is 30.3 Å². The lowest BCUT2D eigenvalue weighted by molar-refractivity contribution is 0.0765. The van der Waals surface area contributed by atoms with E-state index in [1.54, 1.807) is 0 Å². The van der Waals surface area contributed by atoms with Crippen molar-refractivity contribution < 1.29 is 28.2 Å². The largest absolute Gasteiger partial charge is 0.449 e. The second-order valence-electron chi connectivity index (χ2n) is 6.28. The first kappa shape index (κ1) is 22.7. The summed E-state index contributed by atoms with van der Waals surface area (Å²) in [4.78, 5) is 22.0. The van der Waals surface area contributed by atoms with Crippen molar-refractivity contribution in [1.29, 1.82) is 0 Å². The van der Waals surface area contributed by atoms with Gasteiger partial charge in [0.15, 0.2) is 11.6 Å². The van der Waals surface area contributed by atoms with Gasteiger partial charge < -0.3 is 20.5 Å². The fraction of sp³-hybridized carbons (Fsp3) is 0.300. The van der Waals surface area contributed by atoms with Crippen LogP contribution in [-0.4, -0.2) is 41.7 Å². The van der Waals surface area contributed by atoms with Crippen LogP contribution >= 0.6 is 11.6 Å². The number of hydrogen-bond acceptors (Lipinski definition) is 5. The van der Waals surface area contributed by atoms with Gasteiger partial charge in [-0.2, -0.15) is 0 Å². The number of amides is 1. The molecule has 0 bridgehead atoms. The van der Waals surface area contributed by atoms with E-state index in [1.165, 1.54) is 6.07 Å². The molecule has 1 fully saturated rings. The van der Waals surface area contributed by atoms with Crippen molar-refractivity contribution in [3.8, 4) is 0 Å². The summed E-state index contributed by atoms with van der Waals surface area (Å²) < 4.78 is 30.3.